The van der Waals surface area contributed by atoms with Crippen LogP contribution in [0.15, 0.2) is 60.7 Å². The summed E-state index contributed by atoms with van der Waals surface area (Å²) in [4.78, 5) is 33.4. The molecule has 44 heavy (non-hydrogen) atoms. The van der Waals surface area contributed by atoms with Gasteiger partial charge in [-0.25, -0.2) is 14.2 Å². The van der Waals surface area contributed by atoms with Crippen molar-refractivity contribution in [3.8, 4) is 0 Å². The fourth-order valence-corrected chi connectivity index (χ4v) is 6.09. The number of rotatable bonds is 10. The molecule has 1 saturated heterocycles. The van der Waals surface area contributed by atoms with Crippen molar-refractivity contribution < 1.29 is 23.5 Å². The number of carbonyl (C=O) groups is 2. The third kappa shape index (κ3) is 7.94. The first-order valence-electron chi connectivity index (χ1n) is 15.5. The smallest absolute Gasteiger partial charge is 0.407 e. The van der Waals surface area contributed by atoms with E-state index in [0.29, 0.717) is 38.2 Å². The lowest BCUT2D eigenvalue weighted by Gasteiger charge is -2.34. The Morgan fingerprint density at radius 3 is 2.66 bits per heavy atom. The van der Waals surface area contributed by atoms with Crippen LogP contribution in [0.1, 0.15) is 63.8 Å². The molecule has 1 aromatic heterocycles. The molecule has 8 nitrogen and oxygen atoms in total. The molecule has 1 fully saturated rings. The fraction of sp³-hybridized carbons (Fsp3) is 0.457. The fourth-order valence-electron chi connectivity index (χ4n) is 6.09. The third-order valence-corrected chi connectivity index (χ3v) is 8.05. The van der Waals surface area contributed by atoms with E-state index < -0.39 is 17.7 Å². The Morgan fingerprint density at radius 1 is 1.09 bits per heavy atom. The maximum atomic E-state index is 14.1. The van der Waals surface area contributed by atoms with E-state index in [4.69, 9.17) is 14.5 Å². The SMILES string of the molecule is COCCCn1c(C2CCCN(C(=O)CC(Cc3ccc4ccccc4c3)NC(=O)OC(C)(C)C)C2)nc2cc(F)ccc21. The van der Waals surface area contributed by atoms with Crippen molar-refractivity contribution in [2.45, 2.75) is 77.0 Å². The minimum Gasteiger partial charge on any atom is -0.444 e. The molecule has 5 rings (SSSR count). The monoisotopic (exact) mass is 602 g/mol. The summed E-state index contributed by atoms with van der Waals surface area (Å²) >= 11 is 0. The molecule has 0 spiro atoms. The van der Waals surface area contributed by atoms with Crippen molar-refractivity contribution in [1.82, 2.24) is 19.8 Å². The van der Waals surface area contributed by atoms with Crippen molar-refractivity contribution in [2.75, 3.05) is 26.8 Å². The standard InChI is InChI=1S/C35H43FN4O4/c1-35(2,3)44-34(42)37-29(20-24-12-13-25-9-5-6-10-26(25)19-24)22-32(41)39-16-7-11-27(23-39)33-38-30-21-28(36)14-15-31(30)40(33)17-8-18-43-4/h5-6,9-10,12-15,19,21,27,29H,7-8,11,16-18,20,22-23H2,1-4H3,(H,37,42). The lowest BCUT2D eigenvalue weighted by atomic mass is 9.95. The summed E-state index contributed by atoms with van der Waals surface area (Å²) in [5, 5.41) is 5.22. The number of aryl methyl sites for hydroxylation is 1. The summed E-state index contributed by atoms with van der Waals surface area (Å²) in [6.07, 6.45) is 2.62. The van der Waals surface area contributed by atoms with Crippen LogP contribution >= 0.6 is 0 Å². The van der Waals surface area contributed by atoms with Gasteiger partial charge in [-0.2, -0.15) is 0 Å². The van der Waals surface area contributed by atoms with Gasteiger partial charge in [0.1, 0.15) is 17.2 Å². The molecule has 1 aliphatic rings. The summed E-state index contributed by atoms with van der Waals surface area (Å²) in [7, 11) is 1.68. The number of likely N-dealkylation sites (tertiary alicyclic amines) is 1. The number of fused-ring (bicyclic) bond motifs is 2. The van der Waals surface area contributed by atoms with Gasteiger partial charge in [0.2, 0.25) is 5.91 Å². The van der Waals surface area contributed by atoms with Crippen LogP contribution < -0.4 is 5.32 Å². The van der Waals surface area contributed by atoms with Crippen LogP contribution in [0.3, 0.4) is 0 Å². The molecule has 2 amide bonds. The first-order valence-corrected chi connectivity index (χ1v) is 15.5. The average molecular weight is 603 g/mol. The van der Waals surface area contributed by atoms with Crippen molar-refractivity contribution in [3.63, 3.8) is 0 Å². The van der Waals surface area contributed by atoms with Gasteiger partial charge >= 0.3 is 6.09 Å². The molecule has 2 heterocycles. The average Bonchev–Trinajstić information content (AvgIpc) is 3.33. The predicted octanol–water partition coefficient (Wildman–Crippen LogP) is 6.60. The van der Waals surface area contributed by atoms with Crippen LogP contribution in [-0.4, -0.2) is 64.9 Å². The van der Waals surface area contributed by atoms with Crippen molar-refractivity contribution in [1.29, 1.82) is 0 Å². The van der Waals surface area contributed by atoms with Gasteiger partial charge in [0.05, 0.1) is 11.0 Å². The van der Waals surface area contributed by atoms with Crippen LogP contribution in [-0.2, 0) is 27.2 Å². The van der Waals surface area contributed by atoms with Gasteiger partial charge in [-0.15, -0.1) is 0 Å². The van der Waals surface area contributed by atoms with Crippen molar-refractivity contribution >= 4 is 33.8 Å². The predicted molar refractivity (Wildman–Crippen MR) is 170 cm³/mol. The van der Waals surface area contributed by atoms with E-state index in [1.807, 2.05) is 43.9 Å². The quantitative estimate of drug-likeness (QED) is 0.207. The highest BCUT2D eigenvalue weighted by atomic mass is 19.1. The Balaban J connectivity index is 1.34. The number of ether oxygens (including phenoxy) is 2. The highest BCUT2D eigenvalue weighted by Crippen LogP contribution is 2.30. The van der Waals surface area contributed by atoms with Gasteiger partial charge in [-0.05, 0) is 74.9 Å². The number of alkyl carbamates (subject to hydrolysis) is 1. The molecule has 0 bridgehead atoms. The minimum atomic E-state index is -0.653. The van der Waals surface area contributed by atoms with Gasteiger partial charge in [-0.3, -0.25) is 4.79 Å². The highest BCUT2D eigenvalue weighted by Gasteiger charge is 2.31. The number of imidazole rings is 1. The number of benzene rings is 3. The first-order chi connectivity index (χ1) is 21.1. The highest BCUT2D eigenvalue weighted by molar-refractivity contribution is 5.83. The number of hydrogen-bond donors (Lipinski definition) is 1. The number of halogens is 1. The number of carbonyl (C=O) groups excluding carboxylic acids is 2. The maximum absolute atomic E-state index is 14.1. The second-order valence-electron chi connectivity index (χ2n) is 12.7. The minimum absolute atomic E-state index is 0.0171. The zero-order chi connectivity index (χ0) is 31.3. The number of methoxy groups -OCH3 is 1. The zero-order valence-electron chi connectivity index (χ0n) is 26.1. The molecule has 0 aliphatic carbocycles. The number of hydrogen-bond acceptors (Lipinski definition) is 5. The number of piperidine rings is 1. The lowest BCUT2D eigenvalue weighted by Crippen LogP contribution is -2.46. The molecule has 2 atom stereocenters. The second kappa shape index (κ2) is 13.8. The second-order valence-corrected chi connectivity index (χ2v) is 12.7. The Labute approximate surface area is 258 Å². The Morgan fingerprint density at radius 2 is 1.89 bits per heavy atom. The summed E-state index contributed by atoms with van der Waals surface area (Å²) in [5.41, 5.74) is 1.89. The topological polar surface area (TPSA) is 85.7 Å². The van der Waals surface area contributed by atoms with Crippen LogP contribution in [0.4, 0.5) is 9.18 Å². The molecule has 2 unspecified atom stereocenters. The zero-order valence-corrected chi connectivity index (χ0v) is 26.1. The summed E-state index contributed by atoms with van der Waals surface area (Å²) in [6.45, 7) is 7.93. The molecule has 234 valence electrons. The third-order valence-electron chi connectivity index (χ3n) is 8.05. The molecule has 3 aromatic carbocycles. The number of aromatic nitrogens is 2. The van der Waals surface area contributed by atoms with E-state index in [9.17, 15) is 14.0 Å². The Hall–Kier alpha value is -3.98. The molecule has 9 heteroatoms. The molecule has 0 saturated carbocycles. The van der Waals surface area contributed by atoms with Crippen LogP contribution in [0.25, 0.3) is 21.8 Å². The van der Waals surface area contributed by atoms with Crippen LogP contribution in [0, 0.1) is 5.82 Å². The Bertz CT molecular complexity index is 1610. The first kappa shape index (κ1) is 31.4. The van der Waals surface area contributed by atoms with Crippen molar-refractivity contribution in [3.05, 3.63) is 77.9 Å². The van der Waals surface area contributed by atoms with Gasteiger partial charge in [0, 0.05) is 57.8 Å². The molecule has 4 aromatic rings. The number of nitrogens with one attached hydrogen (secondary N) is 1. The largest absolute Gasteiger partial charge is 0.444 e. The molecular formula is C35H43FN4O4. The van der Waals surface area contributed by atoms with E-state index in [0.717, 1.165) is 46.9 Å². The van der Waals surface area contributed by atoms with E-state index in [-0.39, 0.29) is 24.1 Å². The Kier molecular flexibility index (Phi) is 9.84. The van der Waals surface area contributed by atoms with Crippen LogP contribution in [0.2, 0.25) is 0 Å². The molecule has 0 radical (unpaired) electrons. The number of amides is 2. The molecular weight excluding hydrogens is 559 g/mol. The number of nitrogens with zero attached hydrogens (tertiary/aromatic N) is 3. The van der Waals surface area contributed by atoms with Gasteiger partial charge in [-0.1, -0.05) is 42.5 Å². The molecule has 1 aliphatic heterocycles. The van der Waals surface area contributed by atoms with Crippen molar-refractivity contribution in [2.24, 2.45) is 0 Å². The normalized spacial score (nSPS) is 16.3. The van der Waals surface area contributed by atoms with Gasteiger partial charge in [0.15, 0.2) is 0 Å². The summed E-state index contributed by atoms with van der Waals surface area (Å²) in [5.74, 6) is 0.549. The maximum Gasteiger partial charge on any atom is 0.407 e. The lowest BCUT2D eigenvalue weighted by molar-refractivity contribution is -0.132. The summed E-state index contributed by atoms with van der Waals surface area (Å²) in [6, 6.07) is 18.6. The van der Waals surface area contributed by atoms with E-state index >= 15 is 0 Å². The molecule has 1 N–H and O–H groups in total. The van der Waals surface area contributed by atoms with E-state index in [1.54, 1.807) is 13.2 Å². The van der Waals surface area contributed by atoms with Gasteiger partial charge in [0.25, 0.3) is 0 Å². The summed E-state index contributed by atoms with van der Waals surface area (Å²) < 4.78 is 27.0. The van der Waals surface area contributed by atoms with Gasteiger partial charge < -0.3 is 24.3 Å². The van der Waals surface area contributed by atoms with Crippen LogP contribution in [0.5, 0.6) is 0 Å². The van der Waals surface area contributed by atoms with E-state index in [1.165, 1.54) is 12.1 Å². The van der Waals surface area contributed by atoms with E-state index in [2.05, 4.69) is 34.1 Å².